The first kappa shape index (κ1) is 22.0. The Kier molecular flexibility index (Phi) is 6.97. The molecule has 0 radical (unpaired) electrons. The van der Waals surface area contributed by atoms with Gasteiger partial charge < -0.3 is 23.7 Å². The van der Waals surface area contributed by atoms with E-state index in [2.05, 4.69) is 0 Å². The molecule has 3 aromatic rings. The molecule has 0 atom stereocenters. The fourth-order valence-electron chi connectivity index (χ4n) is 3.22. The molecule has 0 bridgehead atoms. The Morgan fingerprint density at radius 1 is 0.903 bits per heavy atom. The molecule has 0 heterocycles. The fraction of sp³-hybridized carbons (Fsp3) is 0.250. The van der Waals surface area contributed by atoms with Crippen LogP contribution in [0.1, 0.15) is 29.8 Å². The van der Waals surface area contributed by atoms with Crippen LogP contribution in [0.3, 0.4) is 0 Å². The van der Waals surface area contributed by atoms with Crippen molar-refractivity contribution in [1.82, 2.24) is 0 Å². The predicted molar refractivity (Wildman–Crippen MR) is 115 cm³/mol. The first-order valence-electron chi connectivity index (χ1n) is 9.73. The fourth-order valence-corrected chi connectivity index (χ4v) is 3.22. The van der Waals surface area contributed by atoms with E-state index in [0.717, 1.165) is 5.56 Å². The molecule has 3 aromatic carbocycles. The number of methoxy groups -OCH3 is 2. The summed E-state index contributed by atoms with van der Waals surface area (Å²) in [4.78, 5) is 24.2. The van der Waals surface area contributed by atoms with Gasteiger partial charge in [0.25, 0.3) is 0 Å². The van der Waals surface area contributed by atoms with Crippen LogP contribution < -0.4 is 18.9 Å². The average molecular weight is 424 g/mol. The van der Waals surface area contributed by atoms with E-state index in [9.17, 15) is 9.59 Å². The first-order valence-corrected chi connectivity index (χ1v) is 9.73. The molecule has 0 spiro atoms. The van der Waals surface area contributed by atoms with Gasteiger partial charge in [-0.2, -0.15) is 0 Å². The largest absolute Gasteiger partial charge is 0.493 e. The average Bonchev–Trinajstić information content (AvgIpc) is 2.77. The van der Waals surface area contributed by atoms with Crippen LogP contribution >= 0.6 is 0 Å². The standard InChI is InChI=1S/C24H24O7/c1-5-29-24(26)17-11-18-22(20(12-17)31-15(2)25)19(13-21(27-3)23(18)28-4)30-14-16-9-7-6-8-10-16/h6-13H,5,14H2,1-4H3. The van der Waals surface area contributed by atoms with Crippen molar-refractivity contribution in [2.24, 2.45) is 0 Å². The van der Waals surface area contributed by atoms with Crippen molar-refractivity contribution in [3.05, 3.63) is 59.7 Å². The zero-order valence-corrected chi connectivity index (χ0v) is 17.9. The van der Waals surface area contributed by atoms with Crippen LogP contribution in [0.25, 0.3) is 10.8 Å². The molecule has 0 aliphatic heterocycles. The van der Waals surface area contributed by atoms with Gasteiger partial charge in [0.1, 0.15) is 18.1 Å². The van der Waals surface area contributed by atoms with Gasteiger partial charge in [-0.05, 0) is 24.6 Å². The smallest absolute Gasteiger partial charge is 0.338 e. The summed E-state index contributed by atoms with van der Waals surface area (Å²) < 4.78 is 27.7. The lowest BCUT2D eigenvalue weighted by molar-refractivity contribution is -0.131. The van der Waals surface area contributed by atoms with E-state index in [1.54, 1.807) is 19.1 Å². The van der Waals surface area contributed by atoms with E-state index in [-0.39, 0.29) is 24.5 Å². The molecule has 0 fully saturated rings. The third kappa shape index (κ3) is 4.88. The normalized spacial score (nSPS) is 10.5. The number of esters is 2. The van der Waals surface area contributed by atoms with Gasteiger partial charge in [0.2, 0.25) is 0 Å². The molecule has 0 aromatic heterocycles. The van der Waals surface area contributed by atoms with Crippen LogP contribution in [-0.2, 0) is 16.1 Å². The van der Waals surface area contributed by atoms with Crippen molar-refractivity contribution in [3.63, 3.8) is 0 Å². The van der Waals surface area contributed by atoms with Crippen molar-refractivity contribution in [3.8, 4) is 23.0 Å². The Bertz CT molecular complexity index is 1090. The molecule has 0 unspecified atom stereocenters. The predicted octanol–water partition coefficient (Wildman–Crippen LogP) is 4.54. The second kappa shape index (κ2) is 9.84. The van der Waals surface area contributed by atoms with Gasteiger partial charge in [0, 0.05) is 18.4 Å². The highest BCUT2D eigenvalue weighted by Crippen LogP contribution is 2.46. The lowest BCUT2D eigenvalue weighted by atomic mass is 10.0. The molecule has 7 heteroatoms. The number of fused-ring (bicyclic) bond motifs is 1. The summed E-state index contributed by atoms with van der Waals surface area (Å²) in [7, 11) is 3.00. The lowest BCUT2D eigenvalue weighted by Crippen LogP contribution is -2.08. The van der Waals surface area contributed by atoms with Crippen LogP contribution in [-0.4, -0.2) is 32.8 Å². The van der Waals surface area contributed by atoms with E-state index in [4.69, 9.17) is 23.7 Å². The molecule has 7 nitrogen and oxygen atoms in total. The van der Waals surface area contributed by atoms with E-state index >= 15 is 0 Å². The number of carbonyl (C=O) groups is 2. The zero-order chi connectivity index (χ0) is 22.4. The summed E-state index contributed by atoms with van der Waals surface area (Å²) in [6.45, 7) is 3.49. The van der Waals surface area contributed by atoms with Gasteiger partial charge in [-0.15, -0.1) is 0 Å². The molecule has 3 rings (SSSR count). The summed E-state index contributed by atoms with van der Waals surface area (Å²) in [5.41, 5.74) is 1.17. The van der Waals surface area contributed by atoms with Gasteiger partial charge in [-0.1, -0.05) is 30.3 Å². The second-order valence-corrected chi connectivity index (χ2v) is 6.60. The highest BCUT2D eigenvalue weighted by molar-refractivity contribution is 6.05. The Morgan fingerprint density at radius 2 is 1.65 bits per heavy atom. The number of ether oxygens (including phenoxy) is 5. The van der Waals surface area contributed by atoms with Crippen molar-refractivity contribution in [1.29, 1.82) is 0 Å². The Balaban J connectivity index is 2.23. The number of hydrogen-bond acceptors (Lipinski definition) is 7. The van der Waals surface area contributed by atoms with E-state index < -0.39 is 11.9 Å². The van der Waals surface area contributed by atoms with Crippen molar-refractivity contribution >= 4 is 22.7 Å². The Labute approximate surface area is 180 Å². The molecule has 0 aliphatic carbocycles. The van der Waals surface area contributed by atoms with Crippen molar-refractivity contribution in [2.75, 3.05) is 20.8 Å². The van der Waals surface area contributed by atoms with E-state index in [1.807, 2.05) is 30.3 Å². The number of carbonyl (C=O) groups excluding carboxylic acids is 2. The van der Waals surface area contributed by atoms with Gasteiger partial charge in [0.15, 0.2) is 11.5 Å². The van der Waals surface area contributed by atoms with E-state index in [1.165, 1.54) is 27.2 Å². The Hall–Kier alpha value is -3.74. The minimum absolute atomic E-state index is 0.164. The molecule has 162 valence electrons. The lowest BCUT2D eigenvalue weighted by Gasteiger charge is -2.18. The van der Waals surface area contributed by atoms with Gasteiger partial charge >= 0.3 is 11.9 Å². The third-order valence-corrected chi connectivity index (χ3v) is 4.51. The third-order valence-electron chi connectivity index (χ3n) is 4.51. The second-order valence-electron chi connectivity index (χ2n) is 6.60. The highest BCUT2D eigenvalue weighted by atomic mass is 16.5. The molecule has 0 aliphatic rings. The molecule has 0 amide bonds. The quantitative estimate of drug-likeness (QED) is 0.388. The summed E-state index contributed by atoms with van der Waals surface area (Å²) in [5.74, 6) is 0.290. The summed E-state index contributed by atoms with van der Waals surface area (Å²) in [5, 5.41) is 0.976. The van der Waals surface area contributed by atoms with Crippen LogP contribution in [0.5, 0.6) is 23.0 Å². The minimum atomic E-state index is -0.547. The maximum Gasteiger partial charge on any atom is 0.338 e. The monoisotopic (exact) mass is 424 g/mol. The number of hydrogen-bond donors (Lipinski definition) is 0. The molecule has 0 N–H and O–H groups in total. The summed E-state index contributed by atoms with van der Waals surface area (Å²) in [6.07, 6.45) is 0. The highest BCUT2D eigenvalue weighted by Gasteiger charge is 2.22. The SMILES string of the molecule is CCOC(=O)c1cc(OC(C)=O)c2c(OCc3ccccc3)cc(OC)c(OC)c2c1. The van der Waals surface area contributed by atoms with Crippen LogP contribution in [0.4, 0.5) is 0 Å². The maximum absolute atomic E-state index is 12.4. The van der Waals surface area contributed by atoms with Gasteiger partial charge in [0.05, 0.1) is 31.8 Å². The van der Waals surface area contributed by atoms with E-state index in [0.29, 0.717) is 28.0 Å². The van der Waals surface area contributed by atoms with Crippen LogP contribution in [0.2, 0.25) is 0 Å². The number of rotatable bonds is 8. The minimum Gasteiger partial charge on any atom is -0.493 e. The van der Waals surface area contributed by atoms with Gasteiger partial charge in [-0.3, -0.25) is 4.79 Å². The molecule has 0 saturated carbocycles. The summed E-state index contributed by atoms with van der Waals surface area (Å²) >= 11 is 0. The van der Waals surface area contributed by atoms with Crippen LogP contribution in [0, 0.1) is 0 Å². The molecule has 31 heavy (non-hydrogen) atoms. The summed E-state index contributed by atoms with van der Waals surface area (Å²) in [6, 6.07) is 14.4. The van der Waals surface area contributed by atoms with Crippen LogP contribution in [0.15, 0.2) is 48.5 Å². The molecular formula is C24H24O7. The van der Waals surface area contributed by atoms with Crippen molar-refractivity contribution in [2.45, 2.75) is 20.5 Å². The molecule has 0 saturated heterocycles. The Morgan fingerprint density at radius 3 is 2.26 bits per heavy atom. The first-order chi connectivity index (χ1) is 15.0. The number of benzene rings is 3. The van der Waals surface area contributed by atoms with Gasteiger partial charge in [-0.25, -0.2) is 4.79 Å². The molecular weight excluding hydrogens is 400 g/mol. The zero-order valence-electron chi connectivity index (χ0n) is 17.9. The maximum atomic E-state index is 12.4. The topological polar surface area (TPSA) is 80.3 Å². The van der Waals surface area contributed by atoms with Crippen molar-refractivity contribution < 1.29 is 33.3 Å².